The molecule has 0 radical (unpaired) electrons. The third-order valence-corrected chi connectivity index (χ3v) is 4.46. The third-order valence-electron chi connectivity index (χ3n) is 4.46. The first-order valence-corrected chi connectivity index (χ1v) is 7.92. The van der Waals surface area contributed by atoms with Crippen LogP contribution in [0, 0.1) is 6.92 Å². The number of morpholine rings is 1. The quantitative estimate of drug-likeness (QED) is 0.928. The summed E-state index contributed by atoms with van der Waals surface area (Å²) >= 11 is 0. The number of amides is 1. The van der Waals surface area contributed by atoms with Crippen molar-refractivity contribution in [3.05, 3.63) is 35.4 Å². The zero-order chi connectivity index (χ0) is 16.3. The van der Waals surface area contributed by atoms with E-state index in [-0.39, 0.29) is 30.1 Å². The molecule has 4 heteroatoms. The molecule has 1 N–H and O–H groups in total. The number of aliphatic hydroxyl groups is 1. The number of nitrogens with zero attached hydrogens (tertiary/aromatic N) is 1. The Morgan fingerprint density at radius 1 is 1.36 bits per heavy atom. The minimum absolute atomic E-state index is 0.0438. The molecule has 1 amide bonds. The molecular weight excluding hydrogens is 278 g/mol. The van der Waals surface area contributed by atoms with Crippen molar-refractivity contribution >= 4 is 5.91 Å². The molecule has 122 valence electrons. The minimum atomic E-state index is -0.261. The lowest BCUT2D eigenvalue weighted by molar-refractivity contribution is -0.147. The van der Waals surface area contributed by atoms with E-state index < -0.39 is 0 Å². The van der Waals surface area contributed by atoms with Crippen molar-refractivity contribution in [3.8, 4) is 0 Å². The van der Waals surface area contributed by atoms with E-state index in [0.29, 0.717) is 19.6 Å². The lowest BCUT2D eigenvalue weighted by Crippen LogP contribution is -2.52. The number of hydrogen-bond acceptors (Lipinski definition) is 3. The Bertz CT molecular complexity index is 510. The predicted octanol–water partition coefficient (Wildman–Crippen LogP) is 2.27. The molecule has 0 aliphatic carbocycles. The first kappa shape index (κ1) is 17.0. The Morgan fingerprint density at radius 3 is 2.59 bits per heavy atom. The zero-order valence-corrected chi connectivity index (χ0v) is 14.0. The molecule has 1 aromatic carbocycles. The summed E-state index contributed by atoms with van der Waals surface area (Å²) in [6, 6.07) is 8.43. The molecule has 1 aromatic rings. The fraction of sp³-hybridized carbons (Fsp3) is 0.611. The highest BCUT2D eigenvalue weighted by atomic mass is 16.5. The Morgan fingerprint density at radius 2 is 2.00 bits per heavy atom. The van der Waals surface area contributed by atoms with Crippen LogP contribution in [0.5, 0.6) is 0 Å². The van der Waals surface area contributed by atoms with Gasteiger partial charge in [-0.1, -0.05) is 43.7 Å². The standard InChI is InChI=1S/C18H27NO3/c1-13-5-7-15(8-6-13)18(3,4)9-17(21)19-10-16(11-20)22-12-14(19)2/h5-8,14,16,20H,9-12H2,1-4H3. The Labute approximate surface area is 133 Å². The highest BCUT2D eigenvalue weighted by Crippen LogP contribution is 2.29. The Kier molecular flexibility index (Phi) is 5.24. The molecule has 1 aliphatic rings. The summed E-state index contributed by atoms with van der Waals surface area (Å²) in [5.74, 6) is 0.125. The van der Waals surface area contributed by atoms with Crippen LogP contribution in [-0.4, -0.2) is 47.8 Å². The van der Waals surface area contributed by atoms with Crippen LogP contribution in [0.2, 0.25) is 0 Å². The van der Waals surface area contributed by atoms with Gasteiger partial charge in [-0.15, -0.1) is 0 Å². The van der Waals surface area contributed by atoms with Crippen LogP contribution in [0.3, 0.4) is 0 Å². The normalized spacial score (nSPS) is 22.7. The summed E-state index contributed by atoms with van der Waals surface area (Å²) in [7, 11) is 0. The lowest BCUT2D eigenvalue weighted by atomic mass is 9.80. The third kappa shape index (κ3) is 3.87. The van der Waals surface area contributed by atoms with Gasteiger partial charge in [-0.3, -0.25) is 4.79 Å². The predicted molar refractivity (Wildman–Crippen MR) is 86.8 cm³/mol. The molecule has 1 aliphatic heterocycles. The second-order valence-electron chi connectivity index (χ2n) is 6.96. The number of carbonyl (C=O) groups is 1. The first-order chi connectivity index (χ1) is 10.3. The van der Waals surface area contributed by atoms with Crippen LogP contribution in [0.1, 0.15) is 38.3 Å². The van der Waals surface area contributed by atoms with Crippen molar-refractivity contribution in [2.75, 3.05) is 19.8 Å². The molecule has 4 nitrogen and oxygen atoms in total. The van der Waals surface area contributed by atoms with E-state index in [4.69, 9.17) is 4.74 Å². The van der Waals surface area contributed by atoms with Crippen molar-refractivity contribution < 1.29 is 14.6 Å². The molecule has 1 saturated heterocycles. The van der Waals surface area contributed by atoms with E-state index >= 15 is 0 Å². The molecule has 2 rings (SSSR count). The summed E-state index contributed by atoms with van der Waals surface area (Å²) in [5.41, 5.74) is 2.18. The molecule has 2 unspecified atom stereocenters. The highest BCUT2D eigenvalue weighted by molar-refractivity contribution is 5.78. The van der Waals surface area contributed by atoms with Crippen LogP contribution >= 0.6 is 0 Å². The van der Waals surface area contributed by atoms with Gasteiger partial charge in [0.05, 0.1) is 25.4 Å². The van der Waals surface area contributed by atoms with Crippen LogP contribution in [0.15, 0.2) is 24.3 Å². The monoisotopic (exact) mass is 305 g/mol. The topological polar surface area (TPSA) is 49.8 Å². The van der Waals surface area contributed by atoms with Crippen LogP contribution in [0.4, 0.5) is 0 Å². The Hall–Kier alpha value is -1.39. The Balaban J connectivity index is 2.07. The summed E-state index contributed by atoms with van der Waals surface area (Å²) in [6.45, 7) is 9.17. The van der Waals surface area contributed by atoms with E-state index in [1.165, 1.54) is 11.1 Å². The number of rotatable bonds is 4. The summed E-state index contributed by atoms with van der Waals surface area (Å²) in [4.78, 5) is 14.6. The maximum atomic E-state index is 12.7. The first-order valence-electron chi connectivity index (χ1n) is 7.92. The van der Waals surface area contributed by atoms with Gasteiger partial charge < -0.3 is 14.7 Å². The molecule has 0 bridgehead atoms. The van der Waals surface area contributed by atoms with Gasteiger partial charge in [0.15, 0.2) is 0 Å². The van der Waals surface area contributed by atoms with Gasteiger partial charge in [0.2, 0.25) is 5.91 Å². The average Bonchev–Trinajstić information content (AvgIpc) is 2.47. The van der Waals surface area contributed by atoms with E-state index in [1.807, 2.05) is 11.8 Å². The smallest absolute Gasteiger partial charge is 0.223 e. The van der Waals surface area contributed by atoms with Crippen LogP contribution in [0.25, 0.3) is 0 Å². The molecule has 0 spiro atoms. The average molecular weight is 305 g/mol. The molecule has 2 atom stereocenters. The van der Waals surface area contributed by atoms with E-state index in [2.05, 4.69) is 45.0 Å². The lowest BCUT2D eigenvalue weighted by Gasteiger charge is -2.39. The van der Waals surface area contributed by atoms with Gasteiger partial charge >= 0.3 is 0 Å². The van der Waals surface area contributed by atoms with Crippen molar-refractivity contribution in [2.24, 2.45) is 0 Å². The maximum absolute atomic E-state index is 12.7. The largest absolute Gasteiger partial charge is 0.394 e. The zero-order valence-electron chi connectivity index (χ0n) is 14.0. The number of aliphatic hydroxyl groups excluding tert-OH is 1. The summed E-state index contributed by atoms with van der Waals surface area (Å²) in [5, 5.41) is 9.25. The van der Waals surface area contributed by atoms with Gasteiger partial charge in [-0.2, -0.15) is 0 Å². The van der Waals surface area contributed by atoms with Crippen molar-refractivity contribution in [2.45, 2.75) is 51.7 Å². The molecule has 22 heavy (non-hydrogen) atoms. The molecule has 1 heterocycles. The van der Waals surface area contributed by atoms with Gasteiger partial charge in [-0.05, 0) is 24.8 Å². The van der Waals surface area contributed by atoms with Gasteiger partial charge in [0.1, 0.15) is 0 Å². The molecule has 0 aromatic heterocycles. The summed E-state index contributed by atoms with van der Waals surface area (Å²) in [6.07, 6.45) is 0.195. The molecular formula is C18H27NO3. The number of ether oxygens (including phenoxy) is 1. The van der Waals surface area contributed by atoms with E-state index in [9.17, 15) is 9.90 Å². The maximum Gasteiger partial charge on any atom is 0.223 e. The van der Waals surface area contributed by atoms with Gasteiger partial charge in [0.25, 0.3) is 0 Å². The SMILES string of the molecule is Cc1ccc(C(C)(C)CC(=O)N2CC(CO)OCC2C)cc1. The number of aryl methyl sites for hydroxylation is 1. The second-order valence-corrected chi connectivity index (χ2v) is 6.96. The van der Waals surface area contributed by atoms with E-state index in [1.54, 1.807) is 0 Å². The second kappa shape index (κ2) is 6.80. The molecule has 1 fully saturated rings. The van der Waals surface area contributed by atoms with Crippen molar-refractivity contribution in [1.29, 1.82) is 0 Å². The minimum Gasteiger partial charge on any atom is -0.394 e. The van der Waals surface area contributed by atoms with Crippen molar-refractivity contribution in [3.63, 3.8) is 0 Å². The van der Waals surface area contributed by atoms with Gasteiger partial charge in [0, 0.05) is 13.0 Å². The van der Waals surface area contributed by atoms with Crippen LogP contribution < -0.4 is 0 Å². The number of hydrogen-bond donors (Lipinski definition) is 1. The fourth-order valence-electron chi connectivity index (χ4n) is 2.86. The van der Waals surface area contributed by atoms with Crippen molar-refractivity contribution in [1.82, 2.24) is 4.90 Å². The highest BCUT2D eigenvalue weighted by Gasteiger charge is 2.33. The fourth-order valence-corrected chi connectivity index (χ4v) is 2.86. The molecule has 0 saturated carbocycles. The van der Waals surface area contributed by atoms with Crippen LogP contribution in [-0.2, 0) is 14.9 Å². The number of carbonyl (C=O) groups excluding carboxylic acids is 1. The van der Waals surface area contributed by atoms with Gasteiger partial charge in [-0.25, -0.2) is 0 Å². The van der Waals surface area contributed by atoms with E-state index in [0.717, 1.165) is 0 Å². The summed E-state index contributed by atoms with van der Waals surface area (Å²) < 4.78 is 5.50. The number of benzene rings is 1.